The van der Waals surface area contributed by atoms with Crippen LogP contribution in [0.2, 0.25) is 0 Å². The number of carbonyl (C=O) groups is 2. The number of carbonyl (C=O) groups excluding carboxylic acids is 2. The van der Waals surface area contributed by atoms with E-state index in [1.54, 1.807) is 0 Å². The molecule has 0 radical (unpaired) electrons. The molecule has 0 fully saturated rings. The largest absolute Gasteiger partial charge is 0.472 e. The number of aliphatic hydroxyl groups excluding tert-OH is 2. The zero-order valence-electron chi connectivity index (χ0n) is 30.1. The molecule has 0 aliphatic heterocycles. The third kappa shape index (κ3) is 33.9. The van der Waals surface area contributed by atoms with Crippen molar-refractivity contribution in [2.24, 2.45) is 0 Å². The molecule has 0 rings (SSSR count). The zero-order valence-corrected chi connectivity index (χ0v) is 31.0. The average molecular weight is 713 g/mol. The minimum Gasteiger partial charge on any atom is -0.462 e. The maximum absolute atomic E-state index is 12.5. The number of hydrogen-bond donors (Lipinski definition) is 3. The molecule has 0 spiro atoms. The third-order valence-corrected chi connectivity index (χ3v) is 8.14. The van der Waals surface area contributed by atoms with Gasteiger partial charge in [0.25, 0.3) is 0 Å². The number of ether oxygens (including phenoxy) is 2. The van der Waals surface area contributed by atoms with Crippen molar-refractivity contribution in [3.8, 4) is 0 Å². The Morgan fingerprint density at radius 2 is 1.12 bits per heavy atom. The first-order chi connectivity index (χ1) is 23.7. The van der Waals surface area contributed by atoms with Gasteiger partial charge in [-0.2, -0.15) is 0 Å². The van der Waals surface area contributed by atoms with Crippen molar-refractivity contribution < 1.29 is 47.8 Å². The molecule has 0 aromatic rings. The van der Waals surface area contributed by atoms with Gasteiger partial charge < -0.3 is 24.6 Å². The van der Waals surface area contributed by atoms with Crippen molar-refractivity contribution in [2.45, 2.75) is 142 Å². The highest BCUT2D eigenvalue weighted by molar-refractivity contribution is 7.47. The van der Waals surface area contributed by atoms with Crippen molar-refractivity contribution >= 4 is 19.8 Å². The van der Waals surface area contributed by atoms with Crippen LogP contribution in [0, 0.1) is 0 Å². The molecule has 3 unspecified atom stereocenters. The highest BCUT2D eigenvalue weighted by atomic mass is 31.2. The fourth-order valence-corrected chi connectivity index (χ4v) is 5.17. The van der Waals surface area contributed by atoms with Gasteiger partial charge in [-0.25, -0.2) is 4.57 Å². The van der Waals surface area contributed by atoms with Crippen LogP contribution in [0.5, 0.6) is 0 Å². The van der Waals surface area contributed by atoms with Crippen LogP contribution in [-0.2, 0) is 32.7 Å². The molecule has 0 aromatic heterocycles. The van der Waals surface area contributed by atoms with Crippen molar-refractivity contribution in [3.05, 3.63) is 60.8 Å². The Morgan fingerprint density at radius 3 is 1.67 bits per heavy atom. The number of unbranched alkanes of at least 4 members (excludes halogenated alkanes) is 9. The molecule has 0 aliphatic carbocycles. The average Bonchev–Trinajstić information content (AvgIpc) is 3.09. The Bertz CT molecular complexity index is 1000. The quantitative estimate of drug-likeness (QED) is 0.0261. The van der Waals surface area contributed by atoms with Gasteiger partial charge in [-0.3, -0.25) is 18.6 Å². The smallest absolute Gasteiger partial charge is 0.462 e. The Hall–Kier alpha value is -2.33. The van der Waals surface area contributed by atoms with Gasteiger partial charge in [-0.1, -0.05) is 126 Å². The Morgan fingerprint density at radius 1 is 0.633 bits per heavy atom. The number of rotatable bonds is 33. The summed E-state index contributed by atoms with van der Waals surface area (Å²) in [6.07, 6.45) is 35.0. The van der Waals surface area contributed by atoms with E-state index in [9.17, 15) is 24.2 Å². The van der Waals surface area contributed by atoms with Crippen LogP contribution >= 0.6 is 7.82 Å². The fraction of sp³-hybridized carbons (Fsp3) is 0.684. The second kappa shape index (κ2) is 34.1. The van der Waals surface area contributed by atoms with E-state index in [4.69, 9.17) is 19.1 Å². The van der Waals surface area contributed by atoms with E-state index >= 15 is 0 Å². The van der Waals surface area contributed by atoms with Crippen molar-refractivity contribution in [2.75, 3.05) is 26.4 Å². The van der Waals surface area contributed by atoms with Crippen LogP contribution in [0.3, 0.4) is 0 Å². The number of phosphoric acid groups is 1. The molecular formula is C38H65O10P. The van der Waals surface area contributed by atoms with Gasteiger partial charge in [0.05, 0.1) is 19.8 Å². The molecule has 0 heterocycles. The van der Waals surface area contributed by atoms with Crippen molar-refractivity contribution in [1.29, 1.82) is 0 Å². The predicted molar refractivity (Wildman–Crippen MR) is 196 cm³/mol. The van der Waals surface area contributed by atoms with E-state index in [0.717, 1.165) is 51.4 Å². The van der Waals surface area contributed by atoms with Gasteiger partial charge in [0.15, 0.2) is 6.10 Å². The van der Waals surface area contributed by atoms with Crippen LogP contribution < -0.4 is 0 Å². The van der Waals surface area contributed by atoms with Crippen molar-refractivity contribution in [3.63, 3.8) is 0 Å². The van der Waals surface area contributed by atoms with Crippen LogP contribution in [0.1, 0.15) is 129 Å². The molecule has 0 saturated carbocycles. The van der Waals surface area contributed by atoms with E-state index < -0.39 is 51.8 Å². The molecule has 282 valence electrons. The van der Waals surface area contributed by atoms with E-state index in [2.05, 4.69) is 67.0 Å². The lowest BCUT2D eigenvalue weighted by atomic mass is 10.1. The number of hydrogen-bond acceptors (Lipinski definition) is 9. The molecule has 49 heavy (non-hydrogen) atoms. The van der Waals surface area contributed by atoms with E-state index in [1.807, 2.05) is 12.2 Å². The lowest BCUT2D eigenvalue weighted by Crippen LogP contribution is -2.29. The first-order valence-corrected chi connectivity index (χ1v) is 19.7. The second-order valence-electron chi connectivity index (χ2n) is 11.9. The monoisotopic (exact) mass is 712 g/mol. The van der Waals surface area contributed by atoms with Crippen molar-refractivity contribution in [1.82, 2.24) is 0 Å². The molecule has 0 amide bonds. The van der Waals surface area contributed by atoms with Crippen LogP contribution in [0.15, 0.2) is 60.8 Å². The van der Waals surface area contributed by atoms with Gasteiger partial charge >= 0.3 is 19.8 Å². The predicted octanol–water partition coefficient (Wildman–Crippen LogP) is 8.77. The molecular weight excluding hydrogens is 647 g/mol. The number of esters is 2. The minimum atomic E-state index is -4.62. The molecule has 11 heteroatoms. The third-order valence-electron chi connectivity index (χ3n) is 7.19. The first kappa shape index (κ1) is 46.7. The number of allylic oxidation sites excluding steroid dienone is 10. The molecule has 0 saturated heterocycles. The minimum absolute atomic E-state index is 0.104. The van der Waals surface area contributed by atoms with Gasteiger partial charge in [0.2, 0.25) is 0 Å². The summed E-state index contributed by atoms with van der Waals surface area (Å²) in [5, 5.41) is 18.2. The lowest BCUT2D eigenvalue weighted by Gasteiger charge is -2.20. The normalized spacial score (nSPS) is 14.8. The summed E-state index contributed by atoms with van der Waals surface area (Å²) in [5.74, 6) is -1.00. The second-order valence-corrected chi connectivity index (χ2v) is 13.3. The maximum atomic E-state index is 12.5. The van der Waals surface area contributed by atoms with E-state index in [0.29, 0.717) is 19.3 Å². The fourth-order valence-electron chi connectivity index (χ4n) is 4.38. The highest BCUT2D eigenvalue weighted by Crippen LogP contribution is 2.43. The summed E-state index contributed by atoms with van der Waals surface area (Å²) in [7, 11) is -4.62. The molecule has 3 atom stereocenters. The van der Waals surface area contributed by atoms with E-state index in [-0.39, 0.29) is 19.4 Å². The number of phosphoric ester groups is 1. The van der Waals surface area contributed by atoms with Crippen LogP contribution in [0.25, 0.3) is 0 Å². The Balaban J connectivity index is 4.50. The summed E-state index contributed by atoms with van der Waals surface area (Å²) in [5.41, 5.74) is 0. The SMILES string of the molecule is CC/C=C\C/C=C\C/C=C\C/C=C\C/C=C\CCCC(=O)OC(COC(=O)CCCCCCCCCCC)COP(=O)(O)OCC(O)CO. The Labute approximate surface area is 296 Å². The molecule has 0 aromatic carbocycles. The number of aliphatic hydroxyl groups is 2. The lowest BCUT2D eigenvalue weighted by molar-refractivity contribution is -0.161. The topological polar surface area (TPSA) is 149 Å². The summed E-state index contributed by atoms with van der Waals surface area (Å²) >= 11 is 0. The molecule has 3 N–H and O–H groups in total. The maximum Gasteiger partial charge on any atom is 0.472 e. The van der Waals surface area contributed by atoms with E-state index in [1.165, 1.54) is 32.1 Å². The summed E-state index contributed by atoms with van der Waals surface area (Å²) < 4.78 is 32.4. The zero-order chi connectivity index (χ0) is 36.3. The highest BCUT2D eigenvalue weighted by Gasteiger charge is 2.27. The van der Waals surface area contributed by atoms with Gasteiger partial charge in [-0.15, -0.1) is 0 Å². The summed E-state index contributed by atoms with van der Waals surface area (Å²) in [4.78, 5) is 34.7. The summed E-state index contributed by atoms with van der Waals surface area (Å²) in [6.45, 7) is 2.14. The Kier molecular flexibility index (Phi) is 32.5. The standard InChI is InChI=1S/C38H65O10P/c1-3-5-7-9-11-13-14-15-16-17-18-19-20-22-24-26-28-30-38(42)48-36(34-47-49(43,44)46-32-35(40)31-39)33-45-37(41)29-27-25-23-21-12-10-8-6-4-2/h5,7,11,13,15-16,18-19,22,24,35-36,39-40H,3-4,6,8-10,12,14,17,20-21,23,25-34H2,1-2H3,(H,43,44)/b7-5-,13-11-,16-15-,19-18-,24-22-. The van der Waals surface area contributed by atoms with Crippen LogP contribution in [0.4, 0.5) is 0 Å². The molecule has 0 aliphatic rings. The summed E-state index contributed by atoms with van der Waals surface area (Å²) in [6, 6.07) is 0. The van der Waals surface area contributed by atoms with Gasteiger partial charge in [0, 0.05) is 12.8 Å². The molecule has 10 nitrogen and oxygen atoms in total. The van der Waals surface area contributed by atoms with Gasteiger partial charge in [0.1, 0.15) is 12.7 Å². The molecule has 0 bridgehead atoms. The van der Waals surface area contributed by atoms with Gasteiger partial charge in [-0.05, 0) is 51.4 Å². The first-order valence-electron chi connectivity index (χ1n) is 18.2. The van der Waals surface area contributed by atoms with Crippen LogP contribution in [-0.4, -0.2) is 65.7 Å².